The van der Waals surface area contributed by atoms with Crippen LogP contribution in [0, 0.1) is 13.8 Å². The van der Waals surface area contributed by atoms with Gasteiger partial charge in [0.05, 0.1) is 5.39 Å². The minimum absolute atomic E-state index is 0.686. The van der Waals surface area contributed by atoms with Crippen LogP contribution < -0.4 is 10.2 Å². The lowest BCUT2D eigenvalue weighted by Crippen LogP contribution is -2.46. The van der Waals surface area contributed by atoms with Crippen LogP contribution in [0.2, 0.25) is 0 Å². The van der Waals surface area contributed by atoms with Gasteiger partial charge < -0.3 is 10.2 Å². The smallest absolute Gasteiger partial charge is 0.164 e. The second kappa shape index (κ2) is 10.2. The maximum atomic E-state index is 4.92. The van der Waals surface area contributed by atoms with Crippen LogP contribution in [0.5, 0.6) is 0 Å². The lowest BCUT2D eigenvalue weighted by molar-refractivity contribution is 0.249. The molecule has 1 fully saturated rings. The molecule has 8 heteroatoms. The summed E-state index contributed by atoms with van der Waals surface area (Å²) in [7, 11) is 0. The third-order valence-electron chi connectivity index (χ3n) is 6.92. The van der Waals surface area contributed by atoms with E-state index in [4.69, 9.17) is 9.97 Å². The van der Waals surface area contributed by atoms with E-state index in [1.807, 2.05) is 30.6 Å². The molecule has 37 heavy (non-hydrogen) atoms. The Hall–Kier alpha value is -3.88. The highest BCUT2D eigenvalue weighted by Gasteiger charge is 2.19. The summed E-state index contributed by atoms with van der Waals surface area (Å²) in [4.78, 5) is 25.6. The average molecular weight is 508 g/mol. The molecule has 0 unspecified atom stereocenters. The summed E-state index contributed by atoms with van der Waals surface area (Å²) in [6, 6.07) is 18.7. The molecule has 1 aliphatic rings. The zero-order valence-electron chi connectivity index (χ0n) is 21.1. The Bertz CT molecular complexity index is 1490. The molecule has 7 nitrogen and oxygen atoms in total. The third kappa shape index (κ3) is 5.03. The third-order valence-corrected chi connectivity index (χ3v) is 8.02. The van der Waals surface area contributed by atoms with Gasteiger partial charge in [0.15, 0.2) is 5.82 Å². The highest BCUT2D eigenvalue weighted by molar-refractivity contribution is 7.18. The van der Waals surface area contributed by atoms with Crippen molar-refractivity contribution in [1.29, 1.82) is 0 Å². The van der Waals surface area contributed by atoms with Crippen LogP contribution in [0.1, 0.15) is 16.0 Å². The zero-order valence-corrected chi connectivity index (χ0v) is 21.9. The first-order valence-electron chi connectivity index (χ1n) is 12.6. The van der Waals surface area contributed by atoms with Crippen molar-refractivity contribution in [1.82, 2.24) is 24.8 Å². The molecular formula is C29H29N7S. The second-order valence-corrected chi connectivity index (χ2v) is 10.6. The number of pyridine rings is 2. The van der Waals surface area contributed by atoms with E-state index in [2.05, 4.69) is 75.3 Å². The largest absolute Gasteiger partial charge is 0.354 e. The van der Waals surface area contributed by atoms with Crippen LogP contribution >= 0.6 is 11.3 Å². The van der Waals surface area contributed by atoms with Crippen molar-refractivity contribution in [2.75, 3.05) is 36.4 Å². The number of piperazine rings is 1. The van der Waals surface area contributed by atoms with Crippen molar-refractivity contribution in [3.8, 4) is 11.4 Å². The lowest BCUT2D eigenvalue weighted by atomic mass is 10.1. The number of fused-ring (bicyclic) bond motifs is 1. The fourth-order valence-corrected chi connectivity index (χ4v) is 5.76. The van der Waals surface area contributed by atoms with Crippen molar-refractivity contribution in [3.63, 3.8) is 0 Å². The minimum Gasteiger partial charge on any atom is -0.354 e. The molecule has 186 valence electrons. The number of nitrogens with one attached hydrogen (secondary N) is 1. The van der Waals surface area contributed by atoms with Crippen LogP contribution in [0.25, 0.3) is 21.6 Å². The molecule has 1 N–H and O–H groups in total. The first kappa shape index (κ1) is 23.5. The maximum Gasteiger partial charge on any atom is 0.164 e. The highest BCUT2D eigenvalue weighted by atomic mass is 32.1. The molecule has 0 aliphatic carbocycles. The molecule has 6 rings (SSSR count). The number of aryl methyl sites for hydroxylation is 2. The summed E-state index contributed by atoms with van der Waals surface area (Å²) in [5, 5.41) is 4.66. The van der Waals surface area contributed by atoms with Crippen molar-refractivity contribution in [2.45, 2.75) is 20.4 Å². The molecule has 5 heterocycles. The van der Waals surface area contributed by atoms with Gasteiger partial charge in [-0.1, -0.05) is 18.2 Å². The number of hydrogen-bond donors (Lipinski definition) is 1. The van der Waals surface area contributed by atoms with E-state index in [1.54, 1.807) is 17.5 Å². The van der Waals surface area contributed by atoms with Crippen LogP contribution in [-0.2, 0) is 6.54 Å². The zero-order chi connectivity index (χ0) is 25.2. The van der Waals surface area contributed by atoms with E-state index < -0.39 is 0 Å². The van der Waals surface area contributed by atoms with Crippen molar-refractivity contribution < 1.29 is 0 Å². The Kier molecular flexibility index (Phi) is 6.51. The van der Waals surface area contributed by atoms with Crippen LogP contribution in [0.15, 0.2) is 73.2 Å². The van der Waals surface area contributed by atoms with Gasteiger partial charge in [0.25, 0.3) is 0 Å². The van der Waals surface area contributed by atoms with E-state index in [1.165, 1.54) is 16.0 Å². The van der Waals surface area contributed by atoms with Crippen molar-refractivity contribution in [2.24, 2.45) is 0 Å². The number of nitrogens with zero attached hydrogens (tertiary/aromatic N) is 6. The fraction of sp³-hybridized carbons (Fsp3) is 0.241. The van der Waals surface area contributed by atoms with E-state index in [0.29, 0.717) is 5.82 Å². The normalized spacial score (nSPS) is 14.3. The van der Waals surface area contributed by atoms with Gasteiger partial charge in [-0.15, -0.1) is 11.3 Å². The summed E-state index contributed by atoms with van der Waals surface area (Å²) in [6.45, 7) is 9.29. The second-order valence-electron chi connectivity index (χ2n) is 9.37. The Labute approximate surface area is 220 Å². The standard InChI is InChI=1S/C29H29N7S/c1-20-21(2)37-29-26(20)28(33-27(34-29)23-6-5-12-30-18-23)32-24-10-8-22(9-11-24)19-35-14-16-36(17-15-35)25-7-3-4-13-31-25/h3-13,18H,14-17,19H2,1-2H3,(H,32,33,34). The lowest BCUT2D eigenvalue weighted by Gasteiger charge is -2.35. The Balaban J connectivity index is 1.17. The number of anilines is 3. The monoisotopic (exact) mass is 507 g/mol. The Morgan fingerprint density at radius 3 is 2.46 bits per heavy atom. The van der Waals surface area contributed by atoms with E-state index in [0.717, 1.165) is 65.8 Å². The Morgan fingerprint density at radius 2 is 1.73 bits per heavy atom. The molecule has 0 spiro atoms. The topological polar surface area (TPSA) is 70.1 Å². The number of benzene rings is 1. The van der Waals surface area contributed by atoms with Gasteiger partial charge in [0.2, 0.25) is 0 Å². The van der Waals surface area contributed by atoms with E-state index >= 15 is 0 Å². The van der Waals surface area contributed by atoms with Gasteiger partial charge >= 0.3 is 0 Å². The molecule has 5 aromatic rings. The van der Waals surface area contributed by atoms with Crippen LogP contribution in [0.4, 0.5) is 17.3 Å². The van der Waals surface area contributed by atoms with Gasteiger partial charge in [-0.05, 0) is 61.4 Å². The molecule has 1 aliphatic heterocycles. The van der Waals surface area contributed by atoms with Gasteiger partial charge in [0.1, 0.15) is 16.5 Å². The number of aromatic nitrogens is 4. The number of hydrogen-bond acceptors (Lipinski definition) is 8. The first-order chi connectivity index (χ1) is 18.1. The molecule has 0 saturated carbocycles. The molecule has 1 aromatic carbocycles. The summed E-state index contributed by atoms with van der Waals surface area (Å²) >= 11 is 1.71. The minimum atomic E-state index is 0.686. The molecule has 0 bridgehead atoms. The van der Waals surface area contributed by atoms with Crippen LogP contribution in [0.3, 0.4) is 0 Å². The van der Waals surface area contributed by atoms with E-state index in [9.17, 15) is 0 Å². The molecule has 1 saturated heterocycles. The van der Waals surface area contributed by atoms with Gasteiger partial charge in [0, 0.05) is 67.4 Å². The van der Waals surface area contributed by atoms with Crippen molar-refractivity contribution in [3.05, 3.63) is 89.2 Å². The maximum absolute atomic E-state index is 4.92. The summed E-state index contributed by atoms with van der Waals surface area (Å²) < 4.78 is 0. The molecule has 4 aromatic heterocycles. The molecule has 0 radical (unpaired) electrons. The average Bonchev–Trinajstić information content (AvgIpc) is 3.24. The predicted molar refractivity (Wildman–Crippen MR) is 152 cm³/mol. The Morgan fingerprint density at radius 1 is 0.892 bits per heavy atom. The number of thiophene rings is 1. The number of rotatable bonds is 6. The van der Waals surface area contributed by atoms with E-state index in [-0.39, 0.29) is 0 Å². The SMILES string of the molecule is Cc1sc2nc(-c3cccnc3)nc(Nc3ccc(CN4CCN(c5ccccn5)CC4)cc3)c2c1C. The first-order valence-corrected chi connectivity index (χ1v) is 13.4. The van der Waals surface area contributed by atoms with Gasteiger partial charge in [-0.2, -0.15) is 0 Å². The molecule has 0 amide bonds. The molecule has 0 atom stereocenters. The summed E-state index contributed by atoms with van der Waals surface area (Å²) in [6.07, 6.45) is 5.44. The fourth-order valence-electron chi connectivity index (χ4n) is 4.73. The highest BCUT2D eigenvalue weighted by Crippen LogP contribution is 2.36. The van der Waals surface area contributed by atoms with Gasteiger partial charge in [-0.25, -0.2) is 15.0 Å². The quantitative estimate of drug-likeness (QED) is 0.310. The van der Waals surface area contributed by atoms with Crippen molar-refractivity contribution >= 4 is 38.9 Å². The van der Waals surface area contributed by atoms with Crippen LogP contribution in [-0.4, -0.2) is 51.0 Å². The summed E-state index contributed by atoms with van der Waals surface area (Å²) in [5.41, 5.74) is 4.46. The summed E-state index contributed by atoms with van der Waals surface area (Å²) in [5.74, 6) is 2.59. The van der Waals surface area contributed by atoms with Gasteiger partial charge in [-0.3, -0.25) is 9.88 Å². The predicted octanol–water partition coefficient (Wildman–Crippen LogP) is 5.83. The molecular weight excluding hydrogens is 478 g/mol.